The lowest BCUT2D eigenvalue weighted by Gasteiger charge is -2.31. The van der Waals surface area contributed by atoms with Crippen molar-refractivity contribution in [2.24, 2.45) is 0 Å². The highest BCUT2D eigenvalue weighted by Gasteiger charge is 2.22. The molecule has 0 aliphatic heterocycles. The monoisotopic (exact) mass is 385 g/mol. The average molecular weight is 385 g/mol. The summed E-state index contributed by atoms with van der Waals surface area (Å²) in [4.78, 5) is 25.0. The highest BCUT2D eigenvalue weighted by Crippen LogP contribution is 2.24. The van der Waals surface area contributed by atoms with Crippen LogP contribution in [0.1, 0.15) is 6.42 Å². The standard InChI is InChI=1S/C21H27N3O4/c1-23(21(27)22-16(14-20(25)26)15-24(2,3)4)17-10-12-19(13-11-17)28-18-8-6-5-7-9-18/h5-13,16H,14-15H2,1-4H3,(H-,22,25,26,27). The first-order valence-electron chi connectivity index (χ1n) is 9.01. The molecule has 0 heterocycles. The van der Waals surface area contributed by atoms with Crippen molar-refractivity contribution in [1.82, 2.24) is 5.32 Å². The van der Waals surface area contributed by atoms with Crippen LogP contribution in [-0.4, -0.2) is 57.3 Å². The number of rotatable bonds is 8. The minimum absolute atomic E-state index is 0.237. The minimum atomic E-state index is -1.19. The van der Waals surface area contributed by atoms with Gasteiger partial charge in [-0.05, 0) is 36.4 Å². The number of benzene rings is 2. The van der Waals surface area contributed by atoms with E-state index < -0.39 is 12.0 Å². The zero-order valence-electron chi connectivity index (χ0n) is 16.7. The van der Waals surface area contributed by atoms with Gasteiger partial charge in [-0.1, -0.05) is 18.2 Å². The molecule has 0 saturated carbocycles. The first-order valence-corrected chi connectivity index (χ1v) is 9.01. The zero-order chi connectivity index (χ0) is 20.7. The molecule has 7 heteroatoms. The molecule has 0 radical (unpaired) electrons. The van der Waals surface area contributed by atoms with Gasteiger partial charge in [-0.15, -0.1) is 0 Å². The van der Waals surface area contributed by atoms with E-state index in [0.717, 1.165) is 5.75 Å². The number of amides is 2. The van der Waals surface area contributed by atoms with Crippen LogP contribution in [0, 0.1) is 0 Å². The summed E-state index contributed by atoms with van der Waals surface area (Å²) in [7, 11) is 7.43. The number of hydrogen-bond acceptors (Lipinski definition) is 4. The van der Waals surface area contributed by atoms with Crippen LogP contribution in [0.2, 0.25) is 0 Å². The third kappa shape index (κ3) is 6.92. The fourth-order valence-electron chi connectivity index (χ4n) is 2.77. The largest absolute Gasteiger partial charge is 0.550 e. The molecule has 0 aliphatic rings. The van der Waals surface area contributed by atoms with Gasteiger partial charge in [-0.2, -0.15) is 0 Å². The molecule has 1 unspecified atom stereocenters. The van der Waals surface area contributed by atoms with Crippen molar-refractivity contribution < 1.29 is 23.9 Å². The molecule has 2 aromatic carbocycles. The molecule has 0 bridgehead atoms. The van der Waals surface area contributed by atoms with Crippen molar-refractivity contribution in [1.29, 1.82) is 0 Å². The summed E-state index contributed by atoms with van der Waals surface area (Å²) in [5.41, 5.74) is 0.662. The molecule has 0 spiro atoms. The van der Waals surface area contributed by atoms with Gasteiger partial charge in [-0.25, -0.2) is 4.79 Å². The molecule has 2 amide bonds. The van der Waals surface area contributed by atoms with Gasteiger partial charge in [0.1, 0.15) is 11.5 Å². The lowest BCUT2D eigenvalue weighted by atomic mass is 10.2. The highest BCUT2D eigenvalue weighted by molar-refractivity contribution is 5.91. The number of nitrogens with zero attached hydrogens (tertiary/aromatic N) is 2. The SMILES string of the molecule is CN(C(=O)NC(CC(=O)[O-])C[N+](C)(C)C)c1ccc(Oc2ccccc2)cc1. The number of nitrogens with one attached hydrogen (secondary N) is 1. The second-order valence-corrected chi connectivity index (χ2v) is 7.66. The van der Waals surface area contributed by atoms with Crippen LogP contribution >= 0.6 is 0 Å². The molecule has 0 aliphatic carbocycles. The van der Waals surface area contributed by atoms with E-state index >= 15 is 0 Å². The number of carbonyl (C=O) groups is 2. The predicted octanol–water partition coefficient (Wildman–Crippen LogP) is 1.84. The summed E-state index contributed by atoms with van der Waals surface area (Å²) in [5.74, 6) is 0.194. The summed E-state index contributed by atoms with van der Waals surface area (Å²) in [6.07, 6.45) is -0.237. The summed E-state index contributed by atoms with van der Waals surface area (Å²) >= 11 is 0. The quantitative estimate of drug-likeness (QED) is 0.703. The van der Waals surface area contributed by atoms with Gasteiger partial charge < -0.3 is 24.4 Å². The van der Waals surface area contributed by atoms with Crippen molar-refractivity contribution in [3.63, 3.8) is 0 Å². The van der Waals surface area contributed by atoms with Gasteiger partial charge in [-0.3, -0.25) is 4.90 Å². The van der Waals surface area contributed by atoms with Gasteiger partial charge in [0, 0.05) is 25.1 Å². The van der Waals surface area contributed by atoms with Crippen molar-refractivity contribution in [2.45, 2.75) is 12.5 Å². The lowest BCUT2D eigenvalue weighted by Crippen LogP contribution is -2.53. The molecular weight excluding hydrogens is 358 g/mol. The molecule has 150 valence electrons. The Hall–Kier alpha value is -3.06. The van der Waals surface area contributed by atoms with Crippen molar-refractivity contribution in [3.8, 4) is 11.5 Å². The second-order valence-electron chi connectivity index (χ2n) is 7.66. The van der Waals surface area contributed by atoms with Crippen LogP contribution < -0.4 is 20.1 Å². The van der Waals surface area contributed by atoms with Crippen LogP contribution in [0.25, 0.3) is 0 Å². The summed E-state index contributed by atoms with van der Waals surface area (Å²) < 4.78 is 6.26. The van der Waals surface area contributed by atoms with E-state index in [9.17, 15) is 14.7 Å². The number of anilines is 1. The number of likely N-dealkylation sites (N-methyl/N-ethyl adjacent to an activating group) is 1. The normalized spacial score (nSPS) is 12.1. The number of carboxylic acids is 1. The minimum Gasteiger partial charge on any atom is -0.550 e. The molecule has 7 nitrogen and oxygen atoms in total. The highest BCUT2D eigenvalue weighted by atomic mass is 16.5. The van der Waals surface area contributed by atoms with Crippen LogP contribution in [-0.2, 0) is 4.79 Å². The molecule has 2 rings (SSSR count). The first kappa shape index (κ1) is 21.2. The molecular formula is C21H27N3O4. The van der Waals surface area contributed by atoms with Crippen molar-refractivity contribution in [2.75, 3.05) is 39.6 Å². The third-order valence-electron chi connectivity index (χ3n) is 4.02. The van der Waals surface area contributed by atoms with Gasteiger partial charge in [0.05, 0.1) is 33.7 Å². The van der Waals surface area contributed by atoms with E-state index in [4.69, 9.17) is 4.74 Å². The Labute approximate surface area is 165 Å². The number of urea groups is 1. The lowest BCUT2D eigenvalue weighted by molar-refractivity contribution is -0.871. The third-order valence-corrected chi connectivity index (χ3v) is 4.02. The van der Waals surface area contributed by atoms with Gasteiger partial charge in [0.25, 0.3) is 0 Å². The van der Waals surface area contributed by atoms with Crippen LogP contribution in [0.3, 0.4) is 0 Å². The van der Waals surface area contributed by atoms with E-state index in [2.05, 4.69) is 5.32 Å². The van der Waals surface area contributed by atoms with Gasteiger partial charge in [0.15, 0.2) is 0 Å². The Morgan fingerprint density at radius 3 is 2.14 bits per heavy atom. The summed E-state index contributed by atoms with van der Waals surface area (Å²) in [5, 5.41) is 13.8. The van der Waals surface area contributed by atoms with E-state index in [1.807, 2.05) is 51.5 Å². The summed E-state index contributed by atoms with van der Waals surface area (Å²) in [6.45, 7) is 0.470. The Morgan fingerprint density at radius 2 is 1.61 bits per heavy atom. The van der Waals surface area contributed by atoms with Crippen LogP contribution in [0.15, 0.2) is 54.6 Å². The topological polar surface area (TPSA) is 81.7 Å². The van der Waals surface area contributed by atoms with Gasteiger partial charge in [0.2, 0.25) is 0 Å². The summed E-state index contributed by atoms with van der Waals surface area (Å²) in [6, 6.07) is 15.6. The molecule has 1 atom stereocenters. The van der Waals surface area contributed by atoms with E-state index in [-0.39, 0.29) is 12.5 Å². The molecule has 0 fully saturated rings. The molecule has 0 aromatic heterocycles. The number of carbonyl (C=O) groups excluding carboxylic acids is 2. The predicted molar refractivity (Wildman–Crippen MR) is 106 cm³/mol. The Bertz CT molecular complexity index is 786. The Kier molecular flexibility index (Phi) is 7.00. The molecule has 1 N–H and O–H groups in total. The maximum atomic E-state index is 12.6. The number of aliphatic carboxylic acids is 1. The van der Waals surface area contributed by atoms with Crippen LogP contribution in [0.4, 0.5) is 10.5 Å². The molecule has 28 heavy (non-hydrogen) atoms. The maximum absolute atomic E-state index is 12.6. The number of hydrogen-bond donors (Lipinski definition) is 1. The fourth-order valence-corrected chi connectivity index (χ4v) is 2.77. The second kappa shape index (κ2) is 9.23. The molecule has 0 saturated heterocycles. The Balaban J connectivity index is 2.01. The maximum Gasteiger partial charge on any atom is 0.322 e. The number of carboxylic acid groups (broad SMARTS) is 1. The Morgan fingerprint density at radius 1 is 1.04 bits per heavy atom. The van der Waals surface area contributed by atoms with E-state index in [1.165, 1.54) is 4.90 Å². The average Bonchev–Trinajstić information content (AvgIpc) is 2.60. The fraction of sp³-hybridized carbons (Fsp3) is 0.333. The number of para-hydroxylation sites is 1. The smallest absolute Gasteiger partial charge is 0.322 e. The molecule has 2 aromatic rings. The van der Waals surface area contributed by atoms with Crippen LogP contribution in [0.5, 0.6) is 11.5 Å². The van der Waals surface area contributed by atoms with E-state index in [0.29, 0.717) is 22.5 Å². The van der Waals surface area contributed by atoms with E-state index in [1.54, 1.807) is 31.3 Å². The number of quaternary nitrogens is 1. The zero-order valence-corrected chi connectivity index (χ0v) is 16.7. The first-order chi connectivity index (χ1) is 13.1. The van der Waals surface area contributed by atoms with Crippen molar-refractivity contribution >= 4 is 17.7 Å². The number of ether oxygens (including phenoxy) is 1. The van der Waals surface area contributed by atoms with Gasteiger partial charge >= 0.3 is 6.03 Å². The van der Waals surface area contributed by atoms with Crippen molar-refractivity contribution in [3.05, 3.63) is 54.6 Å².